The minimum absolute atomic E-state index is 0.353. The zero-order valence-corrected chi connectivity index (χ0v) is 12.6. The van der Waals surface area contributed by atoms with Gasteiger partial charge in [0.2, 0.25) is 11.8 Å². The van der Waals surface area contributed by atoms with Crippen molar-refractivity contribution in [3.05, 3.63) is 41.1 Å². The van der Waals surface area contributed by atoms with E-state index in [0.29, 0.717) is 17.2 Å². The van der Waals surface area contributed by atoms with Crippen molar-refractivity contribution in [3.63, 3.8) is 0 Å². The molecule has 6 nitrogen and oxygen atoms in total. The number of hydrogen-bond acceptors (Lipinski definition) is 6. The van der Waals surface area contributed by atoms with Crippen LogP contribution in [-0.4, -0.2) is 41.4 Å². The van der Waals surface area contributed by atoms with Gasteiger partial charge in [-0.3, -0.25) is 0 Å². The van der Waals surface area contributed by atoms with Crippen LogP contribution >= 0.6 is 15.9 Å². The minimum Gasteiger partial charge on any atom is -0.481 e. The van der Waals surface area contributed by atoms with Crippen molar-refractivity contribution in [2.45, 2.75) is 0 Å². The van der Waals surface area contributed by atoms with Crippen molar-refractivity contribution in [2.24, 2.45) is 0 Å². The highest BCUT2D eigenvalue weighted by Gasteiger charge is 2.10. The predicted molar refractivity (Wildman–Crippen MR) is 79.1 cm³/mol. The van der Waals surface area contributed by atoms with Crippen LogP contribution in [0.15, 0.2) is 41.1 Å². The van der Waals surface area contributed by atoms with Gasteiger partial charge >= 0.3 is 7.12 Å². The van der Waals surface area contributed by atoms with Crippen LogP contribution in [0.4, 0.5) is 0 Å². The van der Waals surface area contributed by atoms with E-state index < -0.39 is 7.12 Å². The number of methoxy groups -OCH3 is 2. The highest BCUT2D eigenvalue weighted by molar-refractivity contribution is 9.10. The third-order valence-corrected chi connectivity index (χ3v) is 2.64. The molecule has 0 bridgehead atoms. The zero-order chi connectivity index (χ0) is 15.0. The number of pyridine rings is 2. The first kappa shape index (κ1) is 16.4. The molecule has 2 N–H and O–H groups in total. The predicted octanol–water partition coefficient (Wildman–Crippen LogP) is 0.623. The third-order valence-electron chi connectivity index (χ3n) is 2.18. The van der Waals surface area contributed by atoms with Gasteiger partial charge in [0.05, 0.1) is 14.2 Å². The largest absolute Gasteiger partial charge is 0.490 e. The summed E-state index contributed by atoms with van der Waals surface area (Å²) in [4.78, 5) is 7.70. The van der Waals surface area contributed by atoms with Crippen molar-refractivity contribution >= 4 is 28.5 Å². The van der Waals surface area contributed by atoms with Crippen LogP contribution in [0.1, 0.15) is 0 Å². The van der Waals surface area contributed by atoms with Gasteiger partial charge < -0.3 is 19.5 Å². The van der Waals surface area contributed by atoms with Crippen molar-refractivity contribution in [1.29, 1.82) is 0 Å². The summed E-state index contributed by atoms with van der Waals surface area (Å²) < 4.78 is 10.6. The summed E-state index contributed by atoms with van der Waals surface area (Å²) in [6.45, 7) is 0. The van der Waals surface area contributed by atoms with E-state index in [2.05, 4.69) is 25.9 Å². The Bertz CT molecular complexity index is 508. The second-order valence-corrected chi connectivity index (χ2v) is 4.44. The van der Waals surface area contributed by atoms with E-state index in [1.807, 2.05) is 6.07 Å². The topological polar surface area (TPSA) is 84.7 Å². The number of aromatic nitrogens is 2. The van der Waals surface area contributed by atoms with Crippen LogP contribution in [0, 0.1) is 0 Å². The molecule has 2 aromatic rings. The van der Waals surface area contributed by atoms with Gasteiger partial charge in [0.1, 0.15) is 0 Å². The Kier molecular flexibility index (Phi) is 6.99. The molecule has 2 rings (SSSR count). The van der Waals surface area contributed by atoms with E-state index in [0.717, 1.165) is 4.47 Å². The van der Waals surface area contributed by atoms with Gasteiger partial charge in [0, 0.05) is 28.4 Å². The van der Waals surface area contributed by atoms with E-state index in [4.69, 9.17) is 19.5 Å². The Labute approximate surface area is 125 Å². The lowest BCUT2D eigenvalue weighted by atomic mass is 9.82. The molecule has 0 aliphatic carbocycles. The number of rotatable bonds is 3. The Balaban J connectivity index is 0.000000204. The van der Waals surface area contributed by atoms with E-state index in [9.17, 15) is 0 Å². The summed E-state index contributed by atoms with van der Waals surface area (Å²) >= 11 is 3.26. The third kappa shape index (κ3) is 5.56. The zero-order valence-electron chi connectivity index (χ0n) is 11.0. The van der Waals surface area contributed by atoms with Crippen molar-refractivity contribution < 1.29 is 19.5 Å². The molecule has 0 aromatic carbocycles. The highest BCUT2D eigenvalue weighted by Crippen LogP contribution is 2.10. The summed E-state index contributed by atoms with van der Waals surface area (Å²) in [7, 11) is 1.63. The molecule has 0 amide bonds. The number of hydrogen-bond donors (Lipinski definition) is 2. The molecule has 0 fully saturated rings. The van der Waals surface area contributed by atoms with Gasteiger partial charge in [-0.15, -0.1) is 0 Å². The molecular weight excluding hydrogens is 327 g/mol. The molecule has 2 heterocycles. The second kappa shape index (κ2) is 8.52. The summed E-state index contributed by atoms with van der Waals surface area (Å²) in [6, 6.07) is 6.78. The van der Waals surface area contributed by atoms with Crippen LogP contribution in [0.2, 0.25) is 0 Å². The van der Waals surface area contributed by atoms with E-state index in [-0.39, 0.29) is 0 Å². The summed E-state index contributed by atoms with van der Waals surface area (Å²) in [5, 5.41) is 17.3. The Morgan fingerprint density at radius 1 is 0.950 bits per heavy atom. The molecule has 0 saturated heterocycles. The van der Waals surface area contributed by atoms with Gasteiger partial charge in [-0.1, -0.05) is 6.07 Å². The lowest BCUT2D eigenvalue weighted by Gasteiger charge is -1.99. The highest BCUT2D eigenvalue weighted by atomic mass is 79.9. The molecule has 106 valence electrons. The van der Waals surface area contributed by atoms with Crippen LogP contribution in [0.25, 0.3) is 0 Å². The van der Waals surface area contributed by atoms with E-state index >= 15 is 0 Å². The molecule has 20 heavy (non-hydrogen) atoms. The van der Waals surface area contributed by atoms with Gasteiger partial charge in [0.25, 0.3) is 0 Å². The fourth-order valence-corrected chi connectivity index (χ4v) is 1.38. The Morgan fingerprint density at radius 2 is 1.50 bits per heavy atom. The number of halogens is 1. The average Bonchev–Trinajstić information content (AvgIpc) is 2.49. The maximum Gasteiger partial charge on any atom is 0.490 e. The molecule has 0 aliphatic heterocycles. The maximum absolute atomic E-state index is 8.66. The average molecular weight is 341 g/mol. The van der Waals surface area contributed by atoms with Crippen LogP contribution in [0.5, 0.6) is 11.8 Å². The second-order valence-electron chi connectivity index (χ2n) is 3.53. The first-order valence-electron chi connectivity index (χ1n) is 5.58. The van der Waals surface area contributed by atoms with Gasteiger partial charge in [-0.05, 0) is 28.1 Å². The summed E-state index contributed by atoms with van der Waals surface area (Å²) in [5.41, 5.74) is 0.353. The first-order valence-corrected chi connectivity index (χ1v) is 6.37. The van der Waals surface area contributed by atoms with Gasteiger partial charge in [-0.2, -0.15) is 0 Å². The van der Waals surface area contributed by atoms with Crippen LogP contribution < -0.4 is 14.9 Å². The van der Waals surface area contributed by atoms with Crippen LogP contribution in [0.3, 0.4) is 0 Å². The Hall–Kier alpha value is -1.64. The monoisotopic (exact) mass is 340 g/mol. The quantitative estimate of drug-likeness (QED) is 0.797. The fraction of sp³-hybridized carbons (Fsp3) is 0.167. The minimum atomic E-state index is -1.46. The van der Waals surface area contributed by atoms with Crippen molar-refractivity contribution in [2.75, 3.05) is 14.2 Å². The molecule has 0 saturated carbocycles. The Morgan fingerprint density at radius 3 is 1.85 bits per heavy atom. The molecule has 0 aliphatic rings. The molecule has 0 unspecified atom stereocenters. The van der Waals surface area contributed by atoms with E-state index in [1.54, 1.807) is 25.4 Å². The lowest BCUT2D eigenvalue weighted by Crippen LogP contribution is -2.29. The molecule has 0 spiro atoms. The summed E-state index contributed by atoms with van der Waals surface area (Å²) in [5.74, 6) is 1.09. The lowest BCUT2D eigenvalue weighted by molar-refractivity contribution is 0.397. The van der Waals surface area contributed by atoms with Gasteiger partial charge in [0.15, 0.2) is 0 Å². The van der Waals surface area contributed by atoms with Gasteiger partial charge in [-0.25, -0.2) is 9.97 Å². The standard InChI is InChI=1S/C6H8BNO3.C6H6BrNO/c1-11-6-3-2-5(4-8-6)7(9)10;1-9-6-3-2-5(7)4-8-6/h2-4,9-10H,1H3;2-4H,1H3. The van der Waals surface area contributed by atoms with Crippen molar-refractivity contribution in [1.82, 2.24) is 9.97 Å². The smallest absolute Gasteiger partial charge is 0.481 e. The molecule has 0 radical (unpaired) electrons. The SMILES string of the molecule is COc1ccc(B(O)O)cn1.COc1ccc(Br)cn1. The number of ether oxygens (including phenoxy) is 2. The molecule has 2 aromatic heterocycles. The molecule has 0 atom stereocenters. The van der Waals surface area contributed by atoms with E-state index in [1.165, 1.54) is 19.4 Å². The number of nitrogens with zero attached hydrogens (tertiary/aromatic N) is 2. The van der Waals surface area contributed by atoms with Crippen LogP contribution in [-0.2, 0) is 0 Å². The normalized spacial score (nSPS) is 9.25. The maximum atomic E-state index is 8.66. The first-order chi connectivity index (χ1) is 9.56. The fourth-order valence-electron chi connectivity index (χ4n) is 1.15. The molecular formula is C12H14BBrN2O4. The summed E-state index contributed by atoms with van der Waals surface area (Å²) in [6.07, 6.45) is 3.04. The molecule has 8 heteroatoms. The van der Waals surface area contributed by atoms with Crippen molar-refractivity contribution in [3.8, 4) is 11.8 Å².